The molecule has 60 heavy (non-hydrogen) atoms. The van der Waals surface area contributed by atoms with Gasteiger partial charge in [-0.05, 0) is 77.0 Å². The van der Waals surface area contributed by atoms with E-state index in [-0.39, 0.29) is 12.8 Å². The van der Waals surface area contributed by atoms with Crippen LogP contribution in [-0.4, -0.2) is 65.7 Å². The molecule has 11 heteroatoms. The Morgan fingerprint density at radius 1 is 0.450 bits per heavy atom. The summed E-state index contributed by atoms with van der Waals surface area (Å²) in [6.07, 6.45) is 49.3. The van der Waals surface area contributed by atoms with Crippen molar-refractivity contribution in [3.05, 3.63) is 48.6 Å². The van der Waals surface area contributed by atoms with E-state index in [2.05, 4.69) is 62.5 Å². The third-order valence-corrected chi connectivity index (χ3v) is 11.2. The van der Waals surface area contributed by atoms with E-state index in [1.54, 1.807) is 0 Å². The summed E-state index contributed by atoms with van der Waals surface area (Å²) in [5, 5.41) is 19.2. The Hall–Kier alpha value is -2.07. The fraction of sp³-hybridized carbons (Fsp3) is 0.796. The molecule has 0 heterocycles. The first-order chi connectivity index (χ1) is 29.3. The maximum Gasteiger partial charge on any atom is 0.472 e. The van der Waals surface area contributed by atoms with Crippen LogP contribution in [0.2, 0.25) is 0 Å². The number of hydrogen-bond acceptors (Lipinski definition) is 9. The van der Waals surface area contributed by atoms with Gasteiger partial charge in [0.15, 0.2) is 0 Å². The van der Waals surface area contributed by atoms with Gasteiger partial charge in [-0.25, -0.2) is 4.57 Å². The molecule has 350 valence electrons. The van der Waals surface area contributed by atoms with Crippen LogP contribution < -0.4 is 0 Å². The molecule has 0 radical (unpaired) electrons. The highest BCUT2D eigenvalue weighted by Crippen LogP contribution is 2.43. The number of allylic oxidation sites excluding steroid dienone is 8. The standard InChI is InChI=1S/C49H89O10P/c1-3-5-7-9-11-13-15-17-19-21-22-23-24-25-27-29-31-33-35-37-39-41-49(53)59-47(43-51)45-57-60(54,55)56-44-46(42-50)58-48(52)40-38-36-34-32-30-28-26-20-18-16-14-12-10-8-6-4-2/h14-17,20-22,26,46-47,50-51H,3-13,18-19,23-25,27-45H2,1-2H3,(H,54,55)/b16-14-,17-15-,22-21-,26-20-. The Balaban J connectivity index is 3.89. The summed E-state index contributed by atoms with van der Waals surface area (Å²) in [7, 11) is -4.65. The first-order valence-electron chi connectivity index (χ1n) is 24.1. The largest absolute Gasteiger partial charge is 0.472 e. The lowest BCUT2D eigenvalue weighted by molar-refractivity contribution is -0.153. The summed E-state index contributed by atoms with van der Waals surface area (Å²) in [6.45, 7) is 2.18. The lowest BCUT2D eigenvalue weighted by Crippen LogP contribution is -2.28. The molecule has 0 aliphatic rings. The normalized spacial score (nSPS) is 14.2. The zero-order chi connectivity index (χ0) is 44.0. The molecule has 3 N–H and O–H groups in total. The summed E-state index contributed by atoms with van der Waals surface area (Å²) in [5.41, 5.74) is 0. The van der Waals surface area contributed by atoms with Gasteiger partial charge in [0.05, 0.1) is 26.4 Å². The van der Waals surface area contributed by atoms with Crippen LogP contribution in [-0.2, 0) is 32.7 Å². The number of rotatable bonds is 45. The minimum absolute atomic E-state index is 0.175. The van der Waals surface area contributed by atoms with E-state index in [0.29, 0.717) is 12.8 Å². The van der Waals surface area contributed by atoms with Crippen molar-refractivity contribution in [2.24, 2.45) is 0 Å². The maximum atomic E-state index is 12.4. The molecule has 0 aromatic carbocycles. The van der Waals surface area contributed by atoms with E-state index < -0.39 is 58.4 Å². The van der Waals surface area contributed by atoms with Gasteiger partial charge in [0.1, 0.15) is 12.2 Å². The highest BCUT2D eigenvalue weighted by atomic mass is 31.2. The molecule has 0 saturated heterocycles. The van der Waals surface area contributed by atoms with Crippen LogP contribution in [0.3, 0.4) is 0 Å². The molecule has 0 fully saturated rings. The van der Waals surface area contributed by atoms with Crippen molar-refractivity contribution in [3.63, 3.8) is 0 Å². The van der Waals surface area contributed by atoms with Crippen LogP contribution in [0.4, 0.5) is 0 Å². The van der Waals surface area contributed by atoms with Crippen molar-refractivity contribution in [2.75, 3.05) is 26.4 Å². The third-order valence-electron chi connectivity index (χ3n) is 10.3. The van der Waals surface area contributed by atoms with E-state index in [9.17, 15) is 29.3 Å². The van der Waals surface area contributed by atoms with Crippen molar-refractivity contribution in [3.8, 4) is 0 Å². The van der Waals surface area contributed by atoms with Crippen LogP contribution in [0.15, 0.2) is 48.6 Å². The van der Waals surface area contributed by atoms with Crippen LogP contribution in [0.1, 0.15) is 213 Å². The number of aliphatic hydroxyl groups excluding tert-OH is 2. The number of phosphoric ester groups is 1. The molecule has 3 unspecified atom stereocenters. The average Bonchev–Trinajstić information content (AvgIpc) is 3.24. The maximum absolute atomic E-state index is 12.4. The summed E-state index contributed by atoms with van der Waals surface area (Å²) in [6, 6.07) is 0. The molecule has 0 aliphatic heterocycles. The van der Waals surface area contributed by atoms with Gasteiger partial charge >= 0.3 is 19.8 Å². The molecule has 0 aromatic heterocycles. The fourth-order valence-corrected chi connectivity index (χ4v) is 7.31. The monoisotopic (exact) mass is 869 g/mol. The summed E-state index contributed by atoms with van der Waals surface area (Å²) >= 11 is 0. The molecule has 0 aliphatic carbocycles. The zero-order valence-electron chi connectivity index (χ0n) is 38.2. The van der Waals surface area contributed by atoms with Crippen molar-refractivity contribution in [2.45, 2.75) is 225 Å². The number of hydrogen-bond donors (Lipinski definition) is 3. The van der Waals surface area contributed by atoms with E-state index in [0.717, 1.165) is 70.6 Å². The minimum atomic E-state index is -4.65. The van der Waals surface area contributed by atoms with Crippen molar-refractivity contribution in [1.82, 2.24) is 0 Å². The molecule has 0 rings (SSSR count). The second-order valence-electron chi connectivity index (χ2n) is 16.1. The predicted octanol–water partition coefficient (Wildman–Crippen LogP) is 13.3. The molecule has 0 saturated carbocycles. The Morgan fingerprint density at radius 2 is 0.733 bits per heavy atom. The van der Waals surface area contributed by atoms with E-state index in [1.165, 1.54) is 103 Å². The summed E-state index contributed by atoms with van der Waals surface area (Å²) < 4.78 is 32.6. The second kappa shape index (κ2) is 45.0. The van der Waals surface area contributed by atoms with Crippen LogP contribution >= 0.6 is 7.82 Å². The third kappa shape index (κ3) is 42.6. The molecule has 0 bridgehead atoms. The fourth-order valence-electron chi connectivity index (χ4n) is 6.53. The average molecular weight is 869 g/mol. The van der Waals surface area contributed by atoms with Gasteiger partial charge in [-0.2, -0.15) is 0 Å². The number of carbonyl (C=O) groups excluding carboxylic acids is 2. The Bertz CT molecular complexity index is 1140. The zero-order valence-corrected chi connectivity index (χ0v) is 39.1. The molecule has 10 nitrogen and oxygen atoms in total. The second-order valence-corrected chi connectivity index (χ2v) is 17.5. The number of unbranched alkanes of at least 4 members (excludes halogenated alkanes) is 23. The lowest BCUT2D eigenvalue weighted by Gasteiger charge is -2.20. The van der Waals surface area contributed by atoms with Crippen molar-refractivity contribution >= 4 is 19.8 Å². The number of ether oxygens (including phenoxy) is 2. The number of carbonyl (C=O) groups is 2. The van der Waals surface area contributed by atoms with E-state index in [1.807, 2.05) is 0 Å². The van der Waals surface area contributed by atoms with Gasteiger partial charge in [0.25, 0.3) is 0 Å². The van der Waals surface area contributed by atoms with Gasteiger partial charge in [-0.15, -0.1) is 0 Å². The molecule has 0 amide bonds. The number of esters is 2. The van der Waals surface area contributed by atoms with Gasteiger partial charge in [0.2, 0.25) is 0 Å². The van der Waals surface area contributed by atoms with Gasteiger partial charge in [-0.3, -0.25) is 18.6 Å². The van der Waals surface area contributed by atoms with Crippen LogP contribution in [0, 0.1) is 0 Å². The lowest BCUT2D eigenvalue weighted by atomic mass is 10.1. The van der Waals surface area contributed by atoms with Crippen LogP contribution in [0.5, 0.6) is 0 Å². The SMILES string of the molecule is CCCCCC/C=C\C/C=C\CCCCCCCC(=O)OC(CO)COP(=O)(O)OCC(CO)OC(=O)CCCCCCCCCCC/C=C\C/C=C\CCCCCCC. The van der Waals surface area contributed by atoms with E-state index >= 15 is 0 Å². The predicted molar refractivity (Wildman–Crippen MR) is 247 cm³/mol. The molecule has 0 spiro atoms. The molecule has 0 aromatic rings. The molecule has 3 atom stereocenters. The van der Waals surface area contributed by atoms with Gasteiger partial charge in [-0.1, -0.05) is 172 Å². The smallest absolute Gasteiger partial charge is 0.457 e. The van der Waals surface area contributed by atoms with Crippen molar-refractivity contribution < 1.29 is 47.8 Å². The number of aliphatic hydroxyl groups is 2. The Morgan fingerprint density at radius 3 is 1.05 bits per heavy atom. The first-order valence-corrected chi connectivity index (χ1v) is 25.6. The highest BCUT2D eigenvalue weighted by molar-refractivity contribution is 7.47. The minimum Gasteiger partial charge on any atom is -0.457 e. The van der Waals surface area contributed by atoms with Crippen LogP contribution in [0.25, 0.3) is 0 Å². The number of phosphoric acid groups is 1. The van der Waals surface area contributed by atoms with Gasteiger partial charge in [0, 0.05) is 12.8 Å². The summed E-state index contributed by atoms with van der Waals surface area (Å²) in [5.74, 6) is -1.03. The Labute approximate surface area is 366 Å². The topological polar surface area (TPSA) is 149 Å². The van der Waals surface area contributed by atoms with E-state index in [4.69, 9.17) is 18.5 Å². The quantitative estimate of drug-likeness (QED) is 0.0234. The first kappa shape index (κ1) is 57.9. The van der Waals surface area contributed by atoms with Gasteiger partial charge < -0.3 is 24.6 Å². The highest BCUT2D eigenvalue weighted by Gasteiger charge is 2.27. The Kier molecular flexibility index (Phi) is 43.4. The molecular weight excluding hydrogens is 780 g/mol. The van der Waals surface area contributed by atoms with Crippen molar-refractivity contribution in [1.29, 1.82) is 0 Å². The summed E-state index contributed by atoms with van der Waals surface area (Å²) in [4.78, 5) is 34.6. The molecular formula is C49H89O10P.